The Labute approximate surface area is 123 Å². The van der Waals surface area contributed by atoms with Crippen molar-refractivity contribution in [3.05, 3.63) is 54.3 Å². The molecule has 2 aromatic rings. The predicted octanol–water partition coefficient (Wildman–Crippen LogP) is 2.69. The van der Waals surface area contributed by atoms with Crippen molar-refractivity contribution in [3.8, 4) is 11.5 Å². The van der Waals surface area contributed by atoms with E-state index in [4.69, 9.17) is 9.47 Å². The normalized spacial score (nSPS) is 11.8. The van der Waals surface area contributed by atoms with Gasteiger partial charge in [0, 0.05) is 18.3 Å². The molecule has 2 rings (SSSR count). The van der Waals surface area contributed by atoms with Crippen LogP contribution in [0.5, 0.6) is 11.5 Å². The molecule has 21 heavy (non-hydrogen) atoms. The third-order valence-electron chi connectivity index (χ3n) is 2.87. The highest BCUT2D eigenvalue weighted by Gasteiger charge is 2.06. The van der Waals surface area contributed by atoms with E-state index in [0.29, 0.717) is 18.0 Å². The lowest BCUT2D eigenvalue weighted by Gasteiger charge is -2.14. The molecule has 0 aliphatic carbocycles. The number of aliphatic hydroxyl groups excluding tert-OH is 1. The molecule has 112 valence electrons. The first-order valence-electron chi connectivity index (χ1n) is 6.62. The molecule has 0 heterocycles. The fraction of sp³-hybridized carbons (Fsp3) is 0.250. The Morgan fingerprint density at radius 3 is 2.57 bits per heavy atom. The summed E-state index contributed by atoms with van der Waals surface area (Å²) in [6, 6.07) is 13.1. The molecular weight excluding hydrogens is 273 g/mol. The van der Waals surface area contributed by atoms with Crippen LogP contribution in [0.2, 0.25) is 0 Å². The van der Waals surface area contributed by atoms with E-state index in [2.05, 4.69) is 5.32 Å². The zero-order valence-electron chi connectivity index (χ0n) is 11.8. The van der Waals surface area contributed by atoms with Gasteiger partial charge in [0.25, 0.3) is 0 Å². The summed E-state index contributed by atoms with van der Waals surface area (Å²) in [7, 11) is 1.58. The molecule has 0 aliphatic heterocycles. The average Bonchev–Trinajstić information content (AvgIpc) is 2.52. The zero-order chi connectivity index (χ0) is 15.1. The topological polar surface area (TPSA) is 50.7 Å². The van der Waals surface area contributed by atoms with E-state index < -0.39 is 6.10 Å². The van der Waals surface area contributed by atoms with E-state index in [9.17, 15) is 9.50 Å². The van der Waals surface area contributed by atoms with Crippen molar-refractivity contribution >= 4 is 5.69 Å². The Morgan fingerprint density at radius 1 is 1.14 bits per heavy atom. The number of nitrogens with one attached hydrogen (secondary N) is 1. The Morgan fingerprint density at radius 2 is 1.86 bits per heavy atom. The summed E-state index contributed by atoms with van der Waals surface area (Å²) in [5.74, 6) is 1.05. The third-order valence-corrected chi connectivity index (χ3v) is 2.87. The Hall–Kier alpha value is -2.27. The molecule has 0 bridgehead atoms. The first kappa shape index (κ1) is 15.1. The highest BCUT2D eigenvalue weighted by molar-refractivity contribution is 5.42. The van der Waals surface area contributed by atoms with Crippen molar-refractivity contribution in [1.82, 2.24) is 0 Å². The molecule has 0 amide bonds. The molecule has 0 saturated carbocycles. The van der Waals surface area contributed by atoms with Gasteiger partial charge in [0.2, 0.25) is 0 Å². The van der Waals surface area contributed by atoms with Gasteiger partial charge in [-0.3, -0.25) is 0 Å². The van der Waals surface area contributed by atoms with Crippen LogP contribution in [0.1, 0.15) is 0 Å². The van der Waals surface area contributed by atoms with Crippen molar-refractivity contribution in [2.75, 3.05) is 25.6 Å². The Bertz CT molecular complexity index is 560. The zero-order valence-corrected chi connectivity index (χ0v) is 11.8. The second kappa shape index (κ2) is 7.50. The van der Waals surface area contributed by atoms with E-state index in [1.165, 1.54) is 12.1 Å². The molecule has 2 N–H and O–H groups in total. The number of benzene rings is 2. The van der Waals surface area contributed by atoms with E-state index in [1.807, 2.05) is 12.1 Å². The standard InChI is InChI=1S/C16H18FNO3/c1-20-15-3-2-4-16(9-15)21-11-14(19)10-18-13-7-5-12(17)6-8-13/h2-9,14,18-19H,10-11H2,1H3. The van der Waals surface area contributed by atoms with Gasteiger partial charge < -0.3 is 19.9 Å². The molecule has 0 saturated heterocycles. The van der Waals surface area contributed by atoms with Crippen LogP contribution >= 0.6 is 0 Å². The summed E-state index contributed by atoms with van der Waals surface area (Å²) in [6.45, 7) is 0.469. The first-order valence-corrected chi connectivity index (χ1v) is 6.62. The molecular formula is C16H18FNO3. The smallest absolute Gasteiger partial charge is 0.123 e. The van der Waals surface area contributed by atoms with Crippen molar-refractivity contribution in [2.24, 2.45) is 0 Å². The van der Waals surface area contributed by atoms with Crippen LogP contribution < -0.4 is 14.8 Å². The van der Waals surface area contributed by atoms with Crippen molar-refractivity contribution in [1.29, 1.82) is 0 Å². The first-order chi connectivity index (χ1) is 10.2. The summed E-state index contributed by atoms with van der Waals surface area (Å²) >= 11 is 0. The van der Waals surface area contributed by atoms with E-state index in [-0.39, 0.29) is 12.4 Å². The van der Waals surface area contributed by atoms with Gasteiger partial charge in [-0.25, -0.2) is 4.39 Å². The van der Waals surface area contributed by atoms with Crippen molar-refractivity contribution in [3.63, 3.8) is 0 Å². The fourth-order valence-electron chi connectivity index (χ4n) is 1.75. The quantitative estimate of drug-likeness (QED) is 0.823. The van der Waals surface area contributed by atoms with Crippen molar-refractivity contribution < 1.29 is 19.0 Å². The number of methoxy groups -OCH3 is 1. The minimum atomic E-state index is -0.679. The minimum Gasteiger partial charge on any atom is -0.497 e. The number of hydrogen-bond donors (Lipinski definition) is 2. The minimum absolute atomic E-state index is 0.154. The van der Waals surface area contributed by atoms with Gasteiger partial charge >= 0.3 is 0 Å². The van der Waals surface area contributed by atoms with Crippen LogP contribution in [0, 0.1) is 5.82 Å². The second-order valence-corrected chi connectivity index (χ2v) is 4.53. The summed E-state index contributed by atoms with van der Waals surface area (Å²) < 4.78 is 23.3. The number of aliphatic hydroxyl groups is 1. The van der Waals surface area contributed by atoms with Crippen LogP contribution in [0.15, 0.2) is 48.5 Å². The third kappa shape index (κ3) is 4.96. The average molecular weight is 291 g/mol. The molecule has 0 radical (unpaired) electrons. The van der Waals surface area contributed by atoms with Gasteiger partial charge in [-0.15, -0.1) is 0 Å². The molecule has 0 aromatic heterocycles. The number of ether oxygens (including phenoxy) is 2. The van der Waals surface area contributed by atoms with Crippen molar-refractivity contribution in [2.45, 2.75) is 6.10 Å². The van der Waals surface area contributed by atoms with Gasteiger partial charge in [0.05, 0.1) is 7.11 Å². The molecule has 0 aliphatic rings. The number of rotatable bonds is 7. The molecule has 0 spiro atoms. The Kier molecular flexibility index (Phi) is 5.40. The Balaban J connectivity index is 1.76. The predicted molar refractivity (Wildman–Crippen MR) is 79.4 cm³/mol. The summed E-state index contributed by atoms with van der Waals surface area (Å²) in [6.07, 6.45) is -0.679. The lowest BCUT2D eigenvalue weighted by Crippen LogP contribution is -2.26. The highest BCUT2D eigenvalue weighted by Crippen LogP contribution is 2.19. The van der Waals surface area contributed by atoms with Crippen LogP contribution in [-0.2, 0) is 0 Å². The van der Waals surface area contributed by atoms with E-state index in [0.717, 1.165) is 5.69 Å². The molecule has 0 fully saturated rings. The molecule has 1 atom stereocenters. The maximum absolute atomic E-state index is 12.7. The number of halogens is 1. The summed E-state index contributed by atoms with van der Waals surface area (Å²) in [4.78, 5) is 0. The van der Waals surface area contributed by atoms with E-state index in [1.54, 1.807) is 31.4 Å². The van der Waals surface area contributed by atoms with Gasteiger partial charge in [0.1, 0.15) is 30.0 Å². The maximum Gasteiger partial charge on any atom is 0.123 e. The number of hydrogen-bond acceptors (Lipinski definition) is 4. The van der Waals surface area contributed by atoms with Gasteiger partial charge in [-0.1, -0.05) is 6.07 Å². The monoisotopic (exact) mass is 291 g/mol. The second-order valence-electron chi connectivity index (χ2n) is 4.53. The van der Waals surface area contributed by atoms with Crippen LogP contribution in [0.3, 0.4) is 0 Å². The van der Waals surface area contributed by atoms with Crippen LogP contribution in [0.4, 0.5) is 10.1 Å². The summed E-state index contributed by atoms with van der Waals surface area (Å²) in [5, 5.41) is 12.9. The van der Waals surface area contributed by atoms with Gasteiger partial charge in [-0.05, 0) is 36.4 Å². The van der Waals surface area contributed by atoms with Crippen LogP contribution in [0.25, 0.3) is 0 Å². The van der Waals surface area contributed by atoms with Gasteiger partial charge in [0.15, 0.2) is 0 Å². The molecule has 1 unspecified atom stereocenters. The largest absolute Gasteiger partial charge is 0.497 e. The number of anilines is 1. The van der Waals surface area contributed by atoms with Gasteiger partial charge in [-0.2, -0.15) is 0 Å². The van der Waals surface area contributed by atoms with E-state index >= 15 is 0 Å². The summed E-state index contributed by atoms with van der Waals surface area (Å²) in [5.41, 5.74) is 0.747. The molecule has 5 heteroatoms. The molecule has 2 aromatic carbocycles. The molecule has 4 nitrogen and oxygen atoms in total. The highest BCUT2D eigenvalue weighted by atomic mass is 19.1. The SMILES string of the molecule is COc1cccc(OCC(O)CNc2ccc(F)cc2)c1. The maximum atomic E-state index is 12.7. The lowest BCUT2D eigenvalue weighted by atomic mass is 10.3. The van der Waals surface area contributed by atoms with Crippen LogP contribution in [-0.4, -0.2) is 31.5 Å². The fourth-order valence-corrected chi connectivity index (χ4v) is 1.75. The lowest BCUT2D eigenvalue weighted by molar-refractivity contribution is 0.117.